The minimum atomic E-state index is -0.558. The van der Waals surface area contributed by atoms with Gasteiger partial charge in [-0.1, -0.05) is 36.4 Å². The highest BCUT2D eigenvalue weighted by molar-refractivity contribution is 5.24. The fourth-order valence-corrected chi connectivity index (χ4v) is 3.28. The first-order valence-electron chi connectivity index (χ1n) is 7.69. The lowest BCUT2D eigenvalue weighted by atomic mass is 9.94. The molecule has 0 aliphatic carbocycles. The highest BCUT2D eigenvalue weighted by atomic mass is 16.3. The normalized spacial score (nSPS) is 25.5. The van der Waals surface area contributed by atoms with Gasteiger partial charge in [-0.15, -0.1) is 0 Å². The first-order chi connectivity index (χ1) is 10.7. The number of hydrogen-bond acceptors (Lipinski definition) is 4. The molecule has 1 aliphatic heterocycles. The third-order valence-electron chi connectivity index (χ3n) is 4.43. The van der Waals surface area contributed by atoms with Gasteiger partial charge in [0.15, 0.2) is 0 Å². The number of pyridine rings is 1. The molecular weight excluding hydrogens is 276 g/mol. The molecule has 4 heteroatoms. The van der Waals surface area contributed by atoms with Crippen molar-refractivity contribution in [2.24, 2.45) is 0 Å². The van der Waals surface area contributed by atoms with Crippen LogP contribution in [0.15, 0.2) is 48.5 Å². The first kappa shape index (κ1) is 15.2. The second kappa shape index (κ2) is 6.57. The molecule has 3 atom stereocenters. The molecule has 0 unspecified atom stereocenters. The summed E-state index contributed by atoms with van der Waals surface area (Å²) in [4.78, 5) is 6.65. The van der Waals surface area contributed by atoms with Crippen LogP contribution < -0.4 is 0 Å². The van der Waals surface area contributed by atoms with Gasteiger partial charge in [0, 0.05) is 24.7 Å². The fraction of sp³-hybridized carbons (Fsp3) is 0.389. The van der Waals surface area contributed by atoms with Crippen LogP contribution in [0.25, 0.3) is 0 Å². The van der Waals surface area contributed by atoms with Crippen molar-refractivity contribution in [3.05, 3.63) is 65.5 Å². The smallest absolute Gasteiger partial charge is 0.0798 e. The Morgan fingerprint density at radius 2 is 1.91 bits per heavy atom. The topological polar surface area (TPSA) is 56.6 Å². The molecular formula is C18H22N2O2. The summed E-state index contributed by atoms with van der Waals surface area (Å²) >= 11 is 0. The van der Waals surface area contributed by atoms with Gasteiger partial charge < -0.3 is 10.2 Å². The fourth-order valence-electron chi connectivity index (χ4n) is 3.28. The van der Waals surface area contributed by atoms with Gasteiger partial charge in [-0.05, 0) is 24.6 Å². The van der Waals surface area contributed by atoms with Gasteiger partial charge in [0.05, 0.1) is 24.4 Å². The molecule has 1 aromatic carbocycles. The van der Waals surface area contributed by atoms with Gasteiger partial charge in [0.2, 0.25) is 0 Å². The third-order valence-corrected chi connectivity index (χ3v) is 4.43. The average Bonchev–Trinajstić information content (AvgIpc) is 2.84. The minimum absolute atomic E-state index is 0.0307. The van der Waals surface area contributed by atoms with E-state index < -0.39 is 6.10 Å². The van der Waals surface area contributed by atoms with Gasteiger partial charge >= 0.3 is 0 Å². The molecule has 1 fully saturated rings. The van der Waals surface area contributed by atoms with Crippen LogP contribution >= 0.6 is 0 Å². The number of aryl methyl sites for hydroxylation is 1. The summed E-state index contributed by atoms with van der Waals surface area (Å²) < 4.78 is 0. The highest BCUT2D eigenvalue weighted by Crippen LogP contribution is 2.32. The molecule has 0 spiro atoms. The second-order valence-electron chi connectivity index (χ2n) is 5.96. The molecule has 1 aromatic heterocycles. The van der Waals surface area contributed by atoms with Gasteiger partial charge in [-0.2, -0.15) is 0 Å². The van der Waals surface area contributed by atoms with E-state index in [1.54, 1.807) is 0 Å². The number of aromatic nitrogens is 1. The second-order valence-corrected chi connectivity index (χ2v) is 5.96. The van der Waals surface area contributed by atoms with Crippen molar-refractivity contribution in [3.63, 3.8) is 0 Å². The van der Waals surface area contributed by atoms with E-state index in [2.05, 4.69) is 9.88 Å². The standard InChI is InChI=1S/C18H22N2O2/c1-13-6-5-9-15(19-13)10-20-11-16(18(22)17(20)12-21)14-7-3-2-4-8-14/h2-9,16-18,21-22H,10-12H2,1H3/t16-,17-,18-/m1/s1. The van der Waals surface area contributed by atoms with Gasteiger partial charge in [0.25, 0.3) is 0 Å². The lowest BCUT2D eigenvalue weighted by Gasteiger charge is -2.23. The Kier molecular flexibility index (Phi) is 4.52. The number of likely N-dealkylation sites (tertiary alicyclic amines) is 1. The molecule has 4 nitrogen and oxygen atoms in total. The van der Waals surface area contributed by atoms with E-state index in [0.717, 1.165) is 23.5 Å². The summed E-state index contributed by atoms with van der Waals surface area (Å²) in [5.74, 6) is 0.0307. The number of benzene rings is 1. The third kappa shape index (κ3) is 3.04. The number of aliphatic hydroxyl groups excluding tert-OH is 2. The van der Waals surface area contributed by atoms with Crippen molar-refractivity contribution in [3.8, 4) is 0 Å². The first-order valence-corrected chi connectivity index (χ1v) is 7.69. The predicted molar refractivity (Wildman–Crippen MR) is 85.4 cm³/mol. The molecule has 2 N–H and O–H groups in total. The largest absolute Gasteiger partial charge is 0.395 e. The Labute approximate surface area is 131 Å². The Hall–Kier alpha value is -1.75. The van der Waals surface area contributed by atoms with Gasteiger partial charge in [-0.3, -0.25) is 9.88 Å². The SMILES string of the molecule is Cc1cccc(CN2C[C@H](c3ccccc3)[C@@H](O)[C@H]2CO)n1. The Morgan fingerprint density at radius 1 is 1.14 bits per heavy atom. The molecule has 2 aromatic rings. The number of aliphatic hydroxyl groups is 2. The maximum absolute atomic E-state index is 10.6. The van der Waals surface area contributed by atoms with Crippen LogP contribution in [0.3, 0.4) is 0 Å². The van der Waals surface area contributed by atoms with E-state index in [-0.39, 0.29) is 18.6 Å². The summed E-state index contributed by atoms with van der Waals surface area (Å²) in [6, 6.07) is 15.7. The van der Waals surface area contributed by atoms with E-state index in [1.807, 2.05) is 55.5 Å². The number of hydrogen-bond donors (Lipinski definition) is 2. The van der Waals surface area contributed by atoms with Crippen LogP contribution in [0.5, 0.6) is 0 Å². The maximum Gasteiger partial charge on any atom is 0.0798 e. The van der Waals surface area contributed by atoms with Crippen molar-refractivity contribution in [1.82, 2.24) is 9.88 Å². The van der Waals surface area contributed by atoms with E-state index in [9.17, 15) is 10.2 Å². The quantitative estimate of drug-likeness (QED) is 0.902. The average molecular weight is 298 g/mol. The Bertz CT molecular complexity index is 617. The lowest BCUT2D eigenvalue weighted by Crippen LogP contribution is -2.38. The molecule has 0 saturated carbocycles. The Balaban J connectivity index is 1.80. The zero-order valence-corrected chi connectivity index (χ0v) is 12.8. The monoisotopic (exact) mass is 298 g/mol. The van der Waals surface area contributed by atoms with Crippen LogP contribution in [-0.2, 0) is 6.54 Å². The van der Waals surface area contributed by atoms with Crippen molar-refractivity contribution in [2.45, 2.75) is 31.5 Å². The summed E-state index contributed by atoms with van der Waals surface area (Å²) in [7, 11) is 0. The van der Waals surface area contributed by atoms with E-state index in [4.69, 9.17) is 0 Å². The van der Waals surface area contributed by atoms with Crippen molar-refractivity contribution < 1.29 is 10.2 Å². The summed E-state index contributed by atoms with van der Waals surface area (Å²) in [6.45, 7) is 3.30. The van der Waals surface area contributed by atoms with Crippen LogP contribution in [0, 0.1) is 6.92 Å². The summed E-state index contributed by atoms with van der Waals surface area (Å²) in [6.07, 6.45) is -0.558. The van der Waals surface area contributed by atoms with E-state index in [0.29, 0.717) is 6.54 Å². The van der Waals surface area contributed by atoms with Gasteiger partial charge in [-0.25, -0.2) is 0 Å². The van der Waals surface area contributed by atoms with Crippen LogP contribution in [0.2, 0.25) is 0 Å². The minimum Gasteiger partial charge on any atom is -0.395 e. The molecule has 1 aliphatic rings. The summed E-state index contributed by atoms with van der Waals surface area (Å²) in [5, 5.41) is 20.3. The number of rotatable bonds is 4. The molecule has 1 saturated heterocycles. The Morgan fingerprint density at radius 3 is 2.59 bits per heavy atom. The molecule has 2 heterocycles. The van der Waals surface area contributed by atoms with Gasteiger partial charge in [0.1, 0.15) is 0 Å². The zero-order chi connectivity index (χ0) is 15.5. The van der Waals surface area contributed by atoms with E-state index in [1.165, 1.54) is 0 Å². The van der Waals surface area contributed by atoms with Crippen LogP contribution in [0.1, 0.15) is 22.9 Å². The predicted octanol–water partition coefficient (Wildman–Crippen LogP) is 1.71. The van der Waals surface area contributed by atoms with E-state index >= 15 is 0 Å². The van der Waals surface area contributed by atoms with Crippen molar-refractivity contribution in [1.29, 1.82) is 0 Å². The molecule has 0 radical (unpaired) electrons. The molecule has 116 valence electrons. The zero-order valence-electron chi connectivity index (χ0n) is 12.8. The van der Waals surface area contributed by atoms with Crippen LogP contribution in [-0.4, -0.2) is 45.4 Å². The maximum atomic E-state index is 10.6. The van der Waals surface area contributed by atoms with Crippen molar-refractivity contribution >= 4 is 0 Å². The van der Waals surface area contributed by atoms with Crippen molar-refractivity contribution in [2.75, 3.05) is 13.2 Å². The van der Waals surface area contributed by atoms with Crippen LogP contribution in [0.4, 0.5) is 0 Å². The molecule has 3 rings (SSSR count). The molecule has 22 heavy (non-hydrogen) atoms. The summed E-state index contributed by atoms with van der Waals surface area (Å²) in [5.41, 5.74) is 3.07. The molecule has 0 amide bonds. The number of nitrogens with zero attached hydrogens (tertiary/aromatic N) is 2. The highest BCUT2D eigenvalue weighted by Gasteiger charge is 2.40. The molecule has 0 bridgehead atoms. The lowest BCUT2D eigenvalue weighted by molar-refractivity contribution is 0.0636.